The molecule has 6 aromatic carbocycles. The Kier molecular flexibility index (Phi) is 15.5. The molecule has 3 N–H and O–H groups in total. The number of Topliss-reactive ketones (excluding diaryl/α,β-unsaturated/α-hetero) is 3. The molecule has 1 unspecified atom stereocenters. The molecule has 0 saturated carbocycles. The van der Waals surface area contributed by atoms with Crippen LogP contribution in [0, 0.1) is 16.2 Å². The van der Waals surface area contributed by atoms with Crippen LogP contribution < -0.4 is 0 Å². The Bertz CT molecular complexity index is 3850. The van der Waals surface area contributed by atoms with E-state index in [1.165, 1.54) is 66.8 Å². The van der Waals surface area contributed by atoms with Gasteiger partial charge in [0.1, 0.15) is 0 Å². The SMILES string of the molecule is CC1(C)CC(=O)C2=C(Cc3[nH]nc(Cc4ccccc4)c3C2(C)c2ccccc2)C1.CC1(C)CC(=O)C2=C(Cc3[nH]nc(Cc4ccccc4)c3[C@@]2(C)c2ccccc2)C1.CC1(C)CC(=O)C2=C(Cc3[nH]nc(Cc4ccccc4)c3[C@]2(C)c2ccccc2)C1. The van der Waals surface area contributed by atoms with Gasteiger partial charge in [-0.25, -0.2) is 0 Å². The molecule has 0 radical (unpaired) electrons. The molecule has 0 fully saturated rings. The third-order valence-corrected chi connectivity index (χ3v) is 20.5. The maximum absolute atomic E-state index is 13.5. The van der Waals surface area contributed by atoms with Crippen LogP contribution in [0.5, 0.6) is 0 Å². The van der Waals surface area contributed by atoms with Crippen molar-refractivity contribution in [1.29, 1.82) is 0 Å². The predicted octanol–water partition coefficient (Wildman–Crippen LogP) is 16.6. The Balaban J connectivity index is 0.000000124. The summed E-state index contributed by atoms with van der Waals surface area (Å²) in [5.41, 5.74) is 22.9. The summed E-state index contributed by atoms with van der Waals surface area (Å²) in [5.74, 6) is 0.889. The topological polar surface area (TPSA) is 137 Å². The minimum atomic E-state index is -0.477. The van der Waals surface area contributed by atoms with Gasteiger partial charge in [0.25, 0.3) is 0 Å². The van der Waals surface area contributed by atoms with E-state index in [1.807, 2.05) is 36.4 Å². The lowest BCUT2D eigenvalue weighted by molar-refractivity contribution is -0.119. The van der Waals surface area contributed by atoms with Gasteiger partial charge in [0.05, 0.1) is 17.1 Å². The summed E-state index contributed by atoms with van der Waals surface area (Å²) in [7, 11) is 0. The third kappa shape index (κ3) is 11.0. The Labute approximate surface area is 531 Å². The Morgan fingerprint density at radius 2 is 0.533 bits per heavy atom. The standard InChI is InChI=1S/3C27H28N2O/c3*1-26(2)16-19-15-22-25(21(28-29-22)14-18-10-6-4-7-11-18)27(3,24(19)23(30)17-26)20-12-8-5-9-13-20/h3*4-13H,14-17H2,1-3H3,(H,28,29)/t2*27-;/m10./s1. The van der Waals surface area contributed by atoms with Gasteiger partial charge in [-0.3, -0.25) is 29.7 Å². The molecule has 9 nitrogen and oxygen atoms in total. The number of carbonyl (C=O) groups excluding carboxylic acids is 3. The van der Waals surface area contributed by atoms with E-state index in [2.05, 4.69) is 223 Å². The number of benzene rings is 6. The van der Waals surface area contributed by atoms with Gasteiger partial charge in [-0.2, -0.15) is 15.3 Å². The van der Waals surface area contributed by atoms with Gasteiger partial charge in [0, 0.05) is 125 Å². The van der Waals surface area contributed by atoms with Crippen molar-refractivity contribution < 1.29 is 14.4 Å². The van der Waals surface area contributed by atoms with Crippen molar-refractivity contribution in [3.8, 4) is 0 Å². The first-order valence-electron chi connectivity index (χ1n) is 32.4. The van der Waals surface area contributed by atoms with Gasteiger partial charge < -0.3 is 0 Å². The van der Waals surface area contributed by atoms with Gasteiger partial charge in [0.15, 0.2) is 17.3 Å². The van der Waals surface area contributed by atoms with Crippen LogP contribution in [0.2, 0.25) is 0 Å². The number of allylic oxidation sites excluding steroid dienone is 6. The summed E-state index contributed by atoms with van der Waals surface area (Å²) in [4.78, 5) is 40.6. The molecule has 0 saturated heterocycles. The highest BCUT2D eigenvalue weighted by molar-refractivity contribution is 6.03. The van der Waals surface area contributed by atoms with E-state index in [9.17, 15) is 14.4 Å². The highest BCUT2D eigenvalue weighted by Gasteiger charge is 2.52. The molecule has 456 valence electrons. The summed E-state index contributed by atoms with van der Waals surface area (Å²) in [6.07, 6.45) is 9.37. The molecule has 15 rings (SSSR count). The fourth-order valence-electron chi connectivity index (χ4n) is 17.1. The fraction of sp³-hybridized carbons (Fsp3) is 0.333. The highest BCUT2D eigenvalue weighted by atomic mass is 16.1. The second-order valence-corrected chi connectivity index (χ2v) is 29.3. The lowest BCUT2D eigenvalue weighted by Gasteiger charge is -2.44. The van der Waals surface area contributed by atoms with Gasteiger partial charge in [-0.1, -0.05) is 240 Å². The van der Waals surface area contributed by atoms with Gasteiger partial charge in [-0.05, 0) is 89.7 Å². The maximum Gasteiger partial charge on any atom is 0.160 e. The minimum Gasteiger partial charge on any atom is -0.294 e. The molecule has 0 aliphatic heterocycles. The average Bonchev–Trinajstić information content (AvgIpc) is 1.26. The van der Waals surface area contributed by atoms with Crippen LogP contribution >= 0.6 is 0 Å². The van der Waals surface area contributed by atoms with Crippen LogP contribution in [-0.2, 0) is 69.2 Å². The van der Waals surface area contributed by atoms with E-state index < -0.39 is 16.2 Å². The highest BCUT2D eigenvalue weighted by Crippen LogP contribution is 2.56. The molecule has 6 aliphatic carbocycles. The van der Waals surface area contributed by atoms with Crippen molar-refractivity contribution in [3.63, 3.8) is 0 Å². The number of aromatic amines is 3. The number of nitrogens with one attached hydrogen (secondary N) is 3. The summed E-state index contributed by atoms with van der Waals surface area (Å²) in [5, 5.41) is 24.4. The van der Waals surface area contributed by atoms with Crippen molar-refractivity contribution in [2.45, 2.75) is 156 Å². The minimum absolute atomic E-state index is 0.0118. The average molecular weight is 1190 g/mol. The summed E-state index contributed by atoms with van der Waals surface area (Å²) in [6, 6.07) is 62.9. The quantitative estimate of drug-likeness (QED) is 0.132. The number of ketones is 3. The van der Waals surface area contributed by atoms with E-state index >= 15 is 0 Å². The zero-order valence-electron chi connectivity index (χ0n) is 53.9. The monoisotopic (exact) mass is 1190 g/mol. The van der Waals surface area contributed by atoms with Crippen LogP contribution in [0.1, 0.15) is 185 Å². The summed E-state index contributed by atoms with van der Waals surface area (Å²) in [6.45, 7) is 19.9. The van der Waals surface area contributed by atoms with Gasteiger partial charge in [0.2, 0.25) is 0 Å². The number of H-pyrrole nitrogens is 3. The normalized spacial score (nSPS) is 22.6. The first-order valence-corrected chi connectivity index (χ1v) is 32.4. The molecule has 6 aliphatic rings. The fourth-order valence-corrected chi connectivity index (χ4v) is 17.1. The van der Waals surface area contributed by atoms with E-state index in [1.54, 1.807) is 0 Å². The predicted molar refractivity (Wildman–Crippen MR) is 358 cm³/mol. The number of carbonyl (C=O) groups is 3. The lowest BCUT2D eigenvalue weighted by atomic mass is 9.58. The number of hydrogen-bond acceptors (Lipinski definition) is 6. The molecular formula is C81H84N6O3. The molecule has 9 aromatic rings. The number of rotatable bonds is 9. The Morgan fingerprint density at radius 1 is 0.311 bits per heavy atom. The number of aromatic nitrogens is 6. The van der Waals surface area contributed by atoms with E-state index in [0.29, 0.717) is 36.6 Å². The Morgan fingerprint density at radius 3 is 0.767 bits per heavy atom. The van der Waals surface area contributed by atoms with Crippen molar-refractivity contribution in [2.24, 2.45) is 16.2 Å². The number of hydrogen-bond donors (Lipinski definition) is 3. The largest absolute Gasteiger partial charge is 0.294 e. The summed E-state index contributed by atoms with van der Waals surface area (Å²) >= 11 is 0. The number of fused-ring (bicyclic) bond motifs is 3. The Hall–Kier alpha value is -8.82. The van der Waals surface area contributed by atoms with Crippen LogP contribution in [0.25, 0.3) is 0 Å². The number of nitrogens with zero attached hydrogens (tertiary/aromatic N) is 3. The first kappa shape index (κ1) is 60.1. The van der Waals surface area contributed by atoms with Gasteiger partial charge in [-0.15, -0.1) is 0 Å². The van der Waals surface area contributed by atoms with Crippen LogP contribution in [0.4, 0.5) is 0 Å². The smallest absolute Gasteiger partial charge is 0.160 e. The zero-order chi connectivity index (χ0) is 62.8. The molecule has 90 heavy (non-hydrogen) atoms. The first-order chi connectivity index (χ1) is 43.1. The second-order valence-electron chi connectivity index (χ2n) is 29.3. The molecule has 3 aromatic heterocycles. The van der Waals surface area contributed by atoms with Crippen molar-refractivity contribution in [3.05, 3.63) is 300 Å². The second kappa shape index (κ2) is 23.2. The van der Waals surface area contributed by atoms with Crippen LogP contribution in [-0.4, -0.2) is 47.9 Å². The van der Waals surface area contributed by atoms with Crippen LogP contribution in [0.3, 0.4) is 0 Å². The maximum atomic E-state index is 13.5. The molecule has 0 bridgehead atoms. The van der Waals surface area contributed by atoms with Crippen molar-refractivity contribution >= 4 is 17.3 Å². The van der Waals surface area contributed by atoms with E-state index in [-0.39, 0.29) is 16.2 Å². The molecule has 3 heterocycles. The molecule has 0 amide bonds. The van der Waals surface area contributed by atoms with Gasteiger partial charge >= 0.3 is 0 Å². The third-order valence-electron chi connectivity index (χ3n) is 20.5. The molecule has 9 heteroatoms. The molecule has 0 spiro atoms. The molecular weight excluding hydrogens is 1100 g/mol. The molecule has 3 atom stereocenters. The summed E-state index contributed by atoms with van der Waals surface area (Å²) < 4.78 is 0. The van der Waals surface area contributed by atoms with E-state index in [0.717, 1.165) is 109 Å². The van der Waals surface area contributed by atoms with Crippen molar-refractivity contribution in [1.82, 2.24) is 30.6 Å². The zero-order valence-corrected chi connectivity index (χ0v) is 53.9. The lowest BCUT2D eigenvalue weighted by Crippen LogP contribution is -2.41. The van der Waals surface area contributed by atoms with Crippen molar-refractivity contribution in [2.75, 3.05) is 0 Å². The van der Waals surface area contributed by atoms with Crippen LogP contribution in [0.15, 0.2) is 215 Å². The van der Waals surface area contributed by atoms with E-state index in [4.69, 9.17) is 15.3 Å².